The summed E-state index contributed by atoms with van der Waals surface area (Å²) in [4.78, 5) is 26.1. The maximum absolute atomic E-state index is 13.0. The number of anilines is 1. The zero-order valence-corrected chi connectivity index (χ0v) is 16.6. The van der Waals surface area contributed by atoms with E-state index in [9.17, 15) is 9.90 Å². The smallest absolute Gasteiger partial charge is 0.253 e. The molecule has 1 aromatic carbocycles. The van der Waals surface area contributed by atoms with Crippen LogP contribution < -0.4 is 4.90 Å². The maximum Gasteiger partial charge on any atom is 0.253 e. The van der Waals surface area contributed by atoms with Gasteiger partial charge in [0.05, 0.1) is 6.10 Å². The molecule has 1 amide bonds. The van der Waals surface area contributed by atoms with Crippen LogP contribution in [0.15, 0.2) is 36.5 Å². The van der Waals surface area contributed by atoms with E-state index in [4.69, 9.17) is 0 Å². The first-order chi connectivity index (χ1) is 13.5. The topological polar surface area (TPSA) is 69.6 Å². The Hall–Kier alpha value is -2.47. The first kappa shape index (κ1) is 18.9. The van der Waals surface area contributed by atoms with E-state index >= 15 is 0 Å². The molecule has 1 unspecified atom stereocenters. The van der Waals surface area contributed by atoms with Gasteiger partial charge in [0.1, 0.15) is 0 Å². The Morgan fingerprint density at radius 3 is 2.68 bits per heavy atom. The Kier molecular flexibility index (Phi) is 5.06. The average molecular weight is 380 g/mol. The molecule has 6 nitrogen and oxygen atoms in total. The van der Waals surface area contributed by atoms with Crippen LogP contribution in [-0.2, 0) is 0 Å². The monoisotopic (exact) mass is 380 g/mol. The number of aliphatic hydroxyl groups is 1. The zero-order valence-electron chi connectivity index (χ0n) is 16.6. The van der Waals surface area contributed by atoms with Crippen molar-refractivity contribution in [2.24, 2.45) is 5.41 Å². The summed E-state index contributed by atoms with van der Waals surface area (Å²) in [5, 5.41) is 10.9. The second-order valence-corrected chi connectivity index (χ2v) is 8.28. The molecular formula is C22H28N4O2. The quantitative estimate of drug-likeness (QED) is 0.867. The summed E-state index contributed by atoms with van der Waals surface area (Å²) in [6.45, 7) is 6.70. The van der Waals surface area contributed by atoms with Gasteiger partial charge in [-0.05, 0) is 51.3 Å². The normalized spacial score (nSPS) is 25.2. The van der Waals surface area contributed by atoms with E-state index in [2.05, 4.69) is 14.9 Å². The zero-order chi connectivity index (χ0) is 19.7. The molecule has 2 aromatic rings. The average Bonchev–Trinajstić information content (AvgIpc) is 2.70. The third-order valence-corrected chi connectivity index (χ3v) is 6.14. The van der Waals surface area contributed by atoms with E-state index in [1.54, 1.807) is 6.20 Å². The summed E-state index contributed by atoms with van der Waals surface area (Å²) >= 11 is 0. The Morgan fingerprint density at radius 1 is 1.14 bits per heavy atom. The van der Waals surface area contributed by atoms with Gasteiger partial charge in [0.25, 0.3) is 5.91 Å². The van der Waals surface area contributed by atoms with E-state index in [0.717, 1.165) is 37.2 Å². The van der Waals surface area contributed by atoms with Gasteiger partial charge < -0.3 is 14.9 Å². The fourth-order valence-corrected chi connectivity index (χ4v) is 4.52. The SMILES string of the molecule is Cc1ccc(C(=O)N2CCC[C@]3(C2)CN(c2nccc(C)n2)CCC3O)cc1. The number of carbonyl (C=O) groups excluding carboxylic acids is 1. The van der Waals surface area contributed by atoms with Gasteiger partial charge in [0.15, 0.2) is 0 Å². The van der Waals surface area contributed by atoms with Crippen molar-refractivity contribution in [3.05, 3.63) is 53.3 Å². The minimum absolute atomic E-state index is 0.0511. The largest absolute Gasteiger partial charge is 0.392 e. The third kappa shape index (κ3) is 3.61. The van der Waals surface area contributed by atoms with Crippen LogP contribution in [0.2, 0.25) is 0 Å². The molecule has 0 radical (unpaired) electrons. The first-order valence-electron chi connectivity index (χ1n) is 10.1. The predicted octanol–water partition coefficient (Wildman–Crippen LogP) is 2.59. The molecule has 6 heteroatoms. The molecule has 28 heavy (non-hydrogen) atoms. The summed E-state index contributed by atoms with van der Waals surface area (Å²) in [6, 6.07) is 9.62. The highest BCUT2D eigenvalue weighted by Gasteiger charge is 2.47. The van der Waals surface area contributed by atoms with Gasteiger partial charge in [-0.1, -0.05) is 17.7 Å². The van der Waals surface area contributed by atoms with Crippen LogP contribution in [0.5, 0.6) is 0 Å². The summed E-state index contributed by atoms with van der Waals surface area (Å²) in [6.07, 6.45) is 3.85. The Balaban J connectivity index is 1.55. The number of aryl methyl sites for hydroxylation is 2. The maximum atomic E-state index is 13.0. The predicted molar refractivity (Wildman–Crippen MR) is 108 cm³/mol. The second-order valence-electron chi connectivity index (χ2n) is 8.28. The highest BCUT2D eigenvalue weighted by molar-refractivity contribution is 5.94. The van der Waals surface area contributed by atoms with Crippen molar-refractivity contribution in [1.82, 2.24) is 14.9 Å². The fraction of sp³-hybridized carbons (Fsp3) is 0.500. The number of carbonyl (C=O) groups is 1. The lowest BCUT2D eigenvalue weighted by atomic mass is 9.71. The molecule has 2 aliphatic rings. The molecule has 2 saturated heterocycles. The lowest BCUT2D eigenvalue weighted by Gasteiger charge is -2.51. The molecule has 3 heterocycles. The van der Waals surface area contributed by atoms with Gasteiger partial charge >= 0.3 is 0 Å². The van der Waals surface area contributed by atoms with E-state index in [1.165, 1.54) is 0 Å². The van der Waals surface area contributed by atoms with Crippen molar-refractivity contribution >= 4 is 11.9 Å². The first-order valence-corrected chi connectivity index (χ1v) is 10.1. The van der Waals surface area contributed by atoms with E-state index in [-0.39, 0.29) is 11.3 Å². The Morgan fingerprint density at radius 2 is 1.93 bits per heavy atom. The van der Waals surface area contributed by atoms with Gasteiger partial charge in [-0.25, -0.2) is 9.97 Å². The van der Waals surface area contributed by atoms with Crippen molar-refractivity contribution in [3.8, 4) is 0 Å². The second kappa shape index (κ2) is 7.51. The third-order valence-electron chi connectivity index (χ3n) is 6.14. The number of hydrogen-bond acceptors (Lipinski definition) is 5. The standard InChI is InChI=1S/C22H28N4O2/c1-16-4-6-18(7-5-16)20(28)25-12-3-10-22(14-25)15-26(13-9-19(22)27)21-23-11-8-17(2)24-21/h4-8,11,19,27H,3,9-10,12-15H2,1-2H3/t19?,22-/m0/s1. The van der Waals surface area contributed by atoms with E-state index < -0.39 is 6.10 Å². The fourth-order valence-electron chi connectivity index (χ4n) is 4.52. The number of rotatable bonds is 2. The molecule has 1 aromatic heterocycles. The highest BCUT2D eigenvalue weighted by atomic mass is 16.3. The van der Waals surface area contributed by atoms with Crippen molar-refractivity contribution in [2.75, 3.05) is 31.1 Å². The van der Waals surface area contributed by atoms with E-state index in [1.807, 2.05) is 49.1 Å². The van der Waals surface area contributed by atoms with Crippen LogP contribution in [0.4, 0.5) is 5.95 Å². The summed E-state index contributed by atoms with van der Waals surface area (Å²) < 4.78 is 0. The number of benzene rings is 1. The number of amides is 1. The summed E-state index contributed by atoms with van der Waals surface area (Å²) in [5.74, 6) is 0.767. The van der Waals surface area contributed by atoms with Crippen LogP contribution in [0, 0.1) is 19.3 Å². The van der Waals surface area contributed by atoms with Crippen molar-refractivity contribution < 1.29 is 9.90 Å². The molecule has 148 valence electrons. The van der Waals surface area contributed by atoms with Crippen molar-refractivity contribution in [1.29, 1.82) is 0 Å². The molecular weight excluding hydrogens is 352 g/mol. The van der Waals surface area contributed by atoms with Crippen LogP contribution in [0.25, 0.3) is 0 Å². The molecule has 2 atom stereocenters. The highest BCUT2D eigenvalue weighted by Crippen LogP contribution is 2.40. The van der Waals surface area contributed by atoms with Crippen LogP contribution in [-0.4, -0.2) is 58.2 Å². The lowest BCUT2D eigenvalue weighted by Crippen LogP contribution is -2.60. The Labute approximate surface area is 166 Å². The molecule has 0 aliphatic carbocycles. The molecule has 0 saturated carbocycles. The number of aromatic nitrogens is 2. The number of aliphatic hydroxyl groups excluding tert-OH is 1. The van der Waals surface area contributed by atoms with Crippen LogP contribution in [0.3, 0.4) is 0 Å². The number of nitrogens with zero attached hydrogens (tertiary/aromatic N) is 4. The van der Waals surface area contributed by atoms with Gasteiger partial charge in [-0.2, -0.15) is 0 Å². The molecule has 4 rings (SSSR count). The molecule has 1 N–H and O–H groups in total. The summed E-state index contributed by atoms with van der Waals surface area (Å²) in [5.41, 5.74) is 2.46. The van der Waals surface area contributed by atoms with Crippen LogP contribution >= 0.6 is 0 Å². The van der Waals surface area contributed by atoms with Gasteiger partial charge in [-0.15, -0.1) is 0 Å². The van der Waals surface area contributed by atoms with Gasteiger partial charge in [0.2, 0.25) is 5.95 Å². The molecule has 0 bridgehead atoms. The van der Waals surface area contributed by atoms with Crippen molar-refractivity contribution in [2.45, 2.75) is 39.2 Å². The summed E-state index contributed by atoms with van der Waals surface area (Å²) in [7, 11) is 0. The number of hydrogen-bond donors (Lipinski definition) is 1. The minimum atomic E-state index is -0.415. The lowest BCUT2D eigenvalue weighted by molar-refractivity contribution is -0.0363. The molecule has 2 aliphatic heterocycles. The van der Waals surface area contributed by atoms with E-state index in [0.29, 0.717) is 31.0 Å². The van der Waals surface area contributed by atoms with Gasteiger partial charge in [-0.3, -0.25) is 4.79 Å². The molecule has 1 spiro atoms. The van der Waals surface area contributed by atoms with Crippen molar-refractivity contribution in [3.63, 3.8) is 0 Å². The molecule has 2 fully saturated rings. The number of piperidine rings is 2. The Bertz CT molecular complexity index is 854. The number of likely N-dealkylation sites (tertiary alicyclic amines) is 1. The minimum Gasteiger partial charge on any atom is -0.392 e. The van der Waals surface area contributed by atoms with Gasteiger partial charge in [0, 0.05) is 49.0 Å². The van der Waals surface area contributed by atoms with Crippen LogP contribution in [0.1, 0.15) is 40.9 Å².